The van der Waals surface area contributed by atoms with E-state index in [0.29, 0.717) is 18.8 Å². The summed E-state index contributed by atoms with van der Waals surface area (Å²) in [4.78, 5) is 30.4. The molecule has 0 saturated heterocycles. The number of aromatic nitrogens is 4. The van der Waals surface area contributed by atoms with Crippen molar-refractivity contribution in [1.29, 1.82) is 0 Å². The maximum absolute atomic E-state index is 12.5. The Morgan fingerprint density at radius 1 is 1.19 bits per heavy atom. The first-order valence-corrected chi connectivity index (χ1v) is 8.76. The van der Waals surface area contributed by atoms with Crippen molar-refractivity contribution >= 4 is 0 Å². The summed E-state index contributed by atoms with van der Waals surface area (Å²) >= 11 is 0. The van der Waals surface area contributed by atoms with Gasteiger partial charge in [-0.25, -0.2) is 15.0 Å². The lowest BCUT2D eigenvalue weighted by Gasteiger charge is -2.28. The molecule has 2 aromatic heterocycles. The van der Waals surface area contributed by atoms with E-state index in [-0.39, 0.29) is 5.56 Å². The Morgan fingerprint density at radius 2 is 2.00 bits per heavy atom. The van der Waals surface area contributed by atoms with Crippen LogP contribution in [-0.2, 0) is 19.5 Å². The fourth-order valence-electron chi connectivity index (χ4n) is 3.45. The maximum Gasteiger partial charge on any atom is 0.254 e. The molecule has 0 unspecified atom stereocenters. The van der Waals surface area contributed by atoms with Crippen molar-refractivity contribution in [2.75, 3.05) is 6.54 Å². The van der Waals surface area contributed by atoms with Crippen molar-refractivity contribution < 1.29 is 0 Å². The maximum atomic E-state index is 12.5. The van der Waals surface area contributed by atoms with Gasteiger partial charge in [-0.1, -0.05) is 23.8 Å². The van der Waals surface area contributed by atoms with Gasteiger partial charge in [0.15, 0.2) is 0 Å². The lowest BCUT2D eigenvalue weighted by Crippen LogP contribution is -2.35. The van der Waals surface area contributed by atoms with E-state index in [1.165, 1.54) is 23.0 Å². The predicted molar refractivity (Wildman–Crippen MR) is 99.6 cm³/mol. The molecule has 1 N–H and O–H groups in total. The minimum atomic E-state index is -0.0555. The van der Waals surface area contributed by atoms with Gasteiger partial charge < -0.3 is 4.98 Å². The molecule has 0 saturated carbocycles. The van der Waals surface area contributed by atoms with Crippen LogP contribution in [0, 0.1) is 13.8 Å². The second-order valence-electron chi connectivity index (χ2n) is 6.86. The second-order valence-corrected chi connectivity index (χ2v) is 6.86. The highest BCUT2D eigenvalue weighted by molar-refractivity contribution is 5.52. The summed E-state index contributed by atoms with van der Waals surface area (Å²) < 4.78 is 0. The lowest BCUT2D eigenvalue weighted by atomic mass is 10.0. The molecule has 0 atom stereocenters. The molecule has 4 rings (SSSR count). The zero-order chi connectivity index (χ0) is 18.1. The van der Waals surface area contributed by atoms with Crippen molar-refractivity contribution in [3.8, 4) is 11.4 Å². The first-order chi connectivity index (χ1) is 12.6. The smallest absolute Gasteiger partial charge is 0.254 e. The van der Waals surface area contributed by atoms with E-state index in [1.54, 1.807) is 12.4 Å². The van der Waals surface area contributed by atoms with Crippen LogP contribution in [-0.4, -0.2) is 31.4 Å². The van der Waals surface area contributed by atoms with Crippen LogP contribution in [0.15, 0.2) is 41.7 Å². The van der Waals surface area contributed by atoms with Crippen LogP contribution in [0.3, 0.4) is 0 Å². The molecule has 6 nitrogen and oxygen atoms in total. The van der Waals surface area contributed by atoms with Crippen molar-refractivity contribution in [3.05, 3.63) is 75.2 Å². The minimum absolute atomic E-state index is 0.0555. The third kappa shape index (κ3) is 3.28. The molecule has 26 heavy (non-hydrogen) atoms. The van der Waals surface area contributed by atoms with E-state index in [9.17, 15) is 4.79 Å². The van der Waals surface area contributed by atoms with Gasteiger partial charge in [0.25, 0.3) is 5.56 Å². The van der Waals surface area contributed by atoms with Crippen LogP contribution in [0.2, 0.25) is 0 Å². The van der Waals surface area contributed by atoms with Crippen LogP contribution in [0.25, 0.3) is 11.4 Å². The summed E-state index contributed by atoms with van der Waals surface area (Å²) in [6.45, 7) is 6.66. The summed E-state index contributed by atoms with van der Waals surface area (Å²) in [5.74, 6) is 0.530. The summed E-state index contributed by atoms with van der Waals surface area (Å²) in [7, 11) is 0. The Bertz CT molecular complexity index is 997. The minimum Gasteiger partial charge on any atom is -0.306 e. The standard InChI is InChI=1S/C20H21N5O/c1-13-3-4-15(14(2)7-13)10-25-6-5-17-18(11-25)23-19(24-20(17)26)16-8-21-12-22-9-16/h3-4,7-9,12H,5-6,10-11H2,1-2H3,(H,23,24,26). The van der Waals surface area contributed by atoms with Gasteiger partial charge in [-0.05, 0) is 31.4 Å². The fraction of sp³-hybridized carbons (Fsp3) is 0.300. The monoisotopic (exact) mass is 347 g/mol. The molecule has 0 radical (unpaired) electrons. The van der Waals surface area contributed by atoms with E-state index in [0.717, 1.165) is 29.9 Å². The highest BCUT2D eigenvalue weighted by atomic mass is 16.1. The molecular formula is C20H21N5O. The van der Waals surface area contributed by atoms with Crippen LogP contribution in [0.4, 0.5) is 0 Å². The number of aryl methyl sites for hydroxylation is 2. The zero-order valence-electron chi connectivity index (χ0n) is 15.0. The van der Waals surface area contributed by atoms with Crippen molar-refractivity contribution in [1.82, 2.24) is 24.8 Å². The van der Waals surface area contributed by atoms with Gasteiger partial charge in [0.1, 0.15) is 12.2 Å². The molecule has 132 valence electrons. The van der Waals surface area contributed by atoms with Gasteiger partial charge in [-0.2, -0.15) is 0 Å². The van der Waals surface area contributed by atoms with Crippen LogP contribution < -0.4 is 5.56 Å². The van der Waals surface area contributed by atoms with Gasteiger partial charge in [0.05, 0.1) is 11.3 Å². The Labute approximate surface area is 152 Å². The second kappa shape index (κ2) is 6.80. The molecule has 0 bridgehead atoms. The Kier molecular flexibility index (Phi) is 4.34. The van der Waals surface area contributed by atoms with Crippen molar-refractivity contribution in [2.45, 2.75) is 33.4 Å². The molecule has 0 aliphatic carbocycles. The van der Waals surface area contributed by atoms with E-state index in [1.807, 2.05) is 0 Å². The first kappa shape index (κ1) is 16.6. The molecule has 1 aliphatic rings. The van der Waals surface area contributed by atoms with Crippen molar-refractivity contribution in [2.24, 2.45) is 0 Å². The Balaban J connectivity index is 1.61. The molecule has 0 amide bonds. The van der Waals surface area contributed by atoms with Gasteiger partial charge in [-0.15, -0.1) is 0 Å². The molecule has 1 aromatic carbocycles. The molecule has 0 fully saturated rings. The highest BCUT2D eigenvalue weighted by Gasteiger charge is 2.22. The number of hydrogen-bond acceptors (Lipinski definition) is 5. The average Bonchev–Trinajstić information content (AvgIpc) is 2.64. The number of H-pyrrole nitrogens is 1. The van der Waals surface area contributed by atoms with Gasteiger partial charge in [0, 0.05) is 37.6 Å². The summed E-state index contributed by atoms with van der Waals surface area (Å²) in [6.07, 6.45) is 5.50. The number of fused-ring (bicyclic) bond motifs is 1. The topological polar surface area (TPSA) is 74.8 Å². The molecule has 3 aromatic rings. The van der Waals surface area contributed by atoms with Crippen LogP contribution in [0.5, 0.6) is 0 Å². The molecule has 1 aliphatic heterocycles. The predicted octanol–water partition coefficient (Wildman–Crippen LogP) is 2.40. The third-order valence-corrected chi connectivity index (χ3v) is 4.88. The van der Waals surface area contributed by atoms with E-state index >= 15 is 0 Å². The van der Waals surface area contributed by atoms with Crippen LogP contribution >= 0.6 is 0 Å². The quantitative estimate of drug-likeness (QED) is 0.787. The van der Waals surface area contributed by atoms with Crippen molar-refractivity contribution in [3.63, 3.8) is 0 Å². The summed E-state index contributed by atoms with van der Waals surface area (Å²) in [6, 6.07) is 6.55. The van der Waals surface area contributed by atoms with Crippen LogP contribution in [0.1, 0.15) is 27.9 Å². The van der Waals surface area contributed by atoms with Gasteiger partial charge in [-0.3, -0.25) is 9.69 Å². The van der Waals surface area contributed by atoms with E-state index in [2.05, 4.69) is 51.9 Å². The normalized spacial score (nSPS) is 14.2. The zero-order valence-corrected chi connectivity index (χ0v) is 15.0. The highest BCUT2D eigenvalue weighted by Crippen LogP contribution is 2.20. The molecular weight excluding hydrogens is 326 g/mol. The number of rotatable bonds is 3. The fourth-order valence-corrected chi connectivity index (χ4v) is 3.45. The third-order valence-electron chi connectivity index (χ3n) is 4.88. The van der Waals surface area contributed by atoms with Gasteiger partial charge >= 0.3 is 0 Å². The largest absolute Gasteiger partial charge is 0.306 e. The number of aromatic amines is 1. The SMILES string of the molecule is Cc1ccc(CN2CCc3c(nc(-c4cncnc4)[nH]c3=O)C2)c(C)c1. The Morgan fingerprint density at radius 3 is 2.77 bits per heavy atom. The summed E-state index contributed by atoms with van der Waals surface area (Å²) in [5, 5.41) is 0. The number of nitrogens with zero attached hydrogens (tertiary/aromatic N) is 4. The number of benzene rings is 1. The van der Waals surface area contributed by atoms with Gasteiger partial charge in [0.2, 0.25) is 0 Å². The summed E-state index contributed by atoms with van der Waals surface area (Å²) in [5.41, 5.74) is 6.21. The lowest BCUT2D eigenvalue weighted by molar-refractivity contribution is 0.240. The molecule has 6 heteroatoms. The van der Waals surface area contributed by atoms with E-state index < -0.39 is 0 Å². The molecule has 0 spiro atoms. The van der Waals surface area contributed by atoms with E-state index in [4.69, 9.17) is 4.98 Å². The number of nitrogens with one attached hydrogen (secondary N) is 1. The average molecular weight is 347 g/mol. The number of hydrogen-bond donors (Lipinski definition) is 1. The first-order valence-electron chi connectivity index (χ1n) is 8.76. The Hall–Kier alpha value is -2.86. The molecule has 3 heterocycles.